The van der Waals surface area contributed by atoms with Gasteiger partial charge in [-0.2, -0.15) is 5.10 Å². The molecule has 0 bridgehead atoms. The number of urea groups is 1. The largest absolute Gasteiger partial charge is 0.480 e. The molecular weight excluding hydrogens is 300 g/mol. The smallest absolute Gasteiger partial charge is 0.325 e. The van der Waals surface area contributed by atoms with E-state index in [4.69, 9.17) is 5.11 Å². The van der Waals surface area contributed by atoms with E-state index in [0.29, 0.717) is 12.1 Å². The number of aliphatic carboxylic acids is 1. The molecule has 9 nitrogen and oxygen atoms in total. The Kier molecular flexibility index (Phi) is 4.46. The fraction of sp³-hybridized carbons (Fsp3) is 0.545. The maximum atomic E-state index is 11.6. The van der Waals surface area contributed by atoms with E-state index >= 15 is 0 Å². The van der Waals surface area contributed by atoms with Crippen LogP contribution in [0.1, 0.15) is 6.42 Å². The third-order valence-corrected chi connectivity index (χ3v) is 4.90. The van der Waals surface area contributed by atoms with Gasteiger partial charge >= 0.3 is 12.0 Å². The zero-order valence-electron chi connectivity index (χ0n) is 11.2. The number of anilines is 1. The molecule has 3 N–H and O–H groups in total. The number of hydrogen-bond acceptors (Lipinski definition) is 5. The van der Waals surface area contributed by atoms with Gasteiger partial charge < -0.3 is 15.7 Å². The molecule has 0 aromatic carbocycles. The first-order valence-corrected chi connectivity index (χ1v) is 8.16. The highest BCUT2D eigenvalue weighted by Crippen LogP contribution is 2.17. The minimum absolute atomic E-state index is 0.0597. The van der Waals surface area contributed by atoms with Crippen molar-refractivity contribution in [3.05, 3.63) is 12.4 Å². The lowest BCUT2D eigenvalue weighted by molar-refractivity contribution is -0.137. The van der Waals surface area contributed by atoms with Gasteiger partial charge in [0.25, 0.3) is 0 Å². The predicted octanol–water partition coefficient (Wildman–Crippen LogP) is -0.476. The molecule has 0 spiro atoms. The van der Waals surface area contributed by atoms with Crippen LogP contribution in [0.25, 0.3) is 0 Å². The molecule has 1 fully saturated rings. The first-order valence-electron chi connectivity index (χ1n) is 6.33. The molecule has 2 heterocycles. The number of amides is 2. The van der Waals surface area contributed by atoms with Crippen LogP contribution in [0.2, 0.25) is 0 Å². The Morgan fingerprint density at radius 3 is 2.86 bits per heavy atom. The zero-order valence-corrected chi connectivity index (χ0v) is 12.0. The van der Waals surface area contributed by atoms with Crippen molar-refractivity contribution in [3.63, 3.8) is 0 Å². The topological polar surface area (TPSA) is 130 Å². The van der Waals surface area contributed by atoms with E-state index in [1.165, 1.54) is 17.1 Å². The van der Waals surface area contributed by atoms with Gasteiger partial charge in [-0.3, -0.25) is 9.48 Å². The summed E-state index contributed by atoms with van der Waals surface area (Å²) in [6.45, 7) is -0.00242. The van der Waals surface area contributed by atoms with Gasteiger partial charge in [-0.05, 0) is 12.3 Å². The van der Waals surface area contributed by atoms with Gasteiger partial charge in [-0.25, -0.2) is 13.2 Å². The summed E-state index contributed by atoms with van der Waals surface area (Å²) in [5.74, 6) is -0.820. The molecule has 1 aliphatic rings. The number of rotatable bonds is 5. The fourth-order valence-electron chi connectivity index (χ4n) is 2.10. The number of nitrogens with one attached hydrogen (secondary N) is 2. The molecule has 2 amide bonds. The summed E-state index contributed by atoms with van der Waals surface area (Å²) in [5.41, 5.74) is 0.368. The number of hydrogen-bond donors (Lipinski definition) is 3. The van der Waals surface area contributed by atoms with Gasteiger partial charge in [0.2, 0.25) is 0 Å². The lowest BCUT2D eigenvalue weighted by Crippen LogP contribution is -2.33. The molecule has 1 aromatic heterocycles. The molecule has 0 aliphatic carbocycles. The Hall–Kier alpha value is -2.10. The molecule has 0 radical (unpaired) electrons. The van der Waals surface area contributed by atoms with E-state index in [-0.39, 0.29) is 30.5 Å². The molecule has 1 aromatic rings. The molecule has 21 heavy (non-hydrogen) atoms. The van der Waals surface area contributed by atoms with E-state index in [1.54, 1.807) is 0 Å². The van der Waals surface area contributed by atoms with E-state index < -0.39 is 21.8 Å². The van der Waals surface area contributed by atoms with Gasteiger partial charge in [-0.1, -0.05) is 0 Å². The van der Waals surface area contributed by atoms with E-state index in [0.717, 1.165) is 0 Å². The van der Waals surface area contributed by atoms with Gasteiger partial charge in [0.1, 0.15) is 6.54 Å². The first-order chi connectivity index (χ1) is 9.84. The van der Waals surface area contributed by atoms with Gasteiger partial charge in [0, 0.05) is 12.7 Å². The summed E-state index contributed by atoms with van der Waals surface area (Å²) in [6.07, 6.45) is 3.29. The second-order valence-electron chi connectivity index (χ2n) is 4.92. The van der Waals surface area contributed by atoms with Crippen molar-refractivity contribution in [2.75, 3.05) is 23.4 Å². The Morgan fingerprint density at radius 1 is 1.48 bits per heavy atom. The Morgan fingerprint density at radius 2 is 2.24 bits per heavy atom. The van der Waals surface area contributed by atoms with Crippen LogP contribution in [0.3, 0.4) is 0 Å². The van der Waals surface area contributed by atoms with E-state index in [9.17, 15) is 18.0 Å². The average molecular weight is 316 g/mol. The normalized spacial score (nSPS) is 20.1. The SMILES string of the molecule is O=C(O)Cn1cc(NC(=O)NCC2CCS(=O)(=O)C2)cn1. The highest BCUT2D eigenvalue weighted by atomic mass is 32.2. The standard InChI is InChI=1S/C11H16N4O5S/c16-10(17)6-15-5-9(4-13-15)14-11(18)12-3-8-1-2-21(19,20)7-8/h4-5,8H,1-3,6-7H2,(H,16,17)(H2,12,14,18). The minimum Gasteiger partial charge on any atom is -0.480 e. The molecule has 2 rings (SSSR count). The highest BCUT2D eigenvalue weighted by Gasteiger charge is 2.27. The monoisotopic (exact) mass is 316 g/mol. The quantitative estimate of drug-likeness (QED) is 0.673. The van der Waals surface area contributed by atoms with Crippen LogP contribution < -0.4 is 10.6 Å². The molecule has 10 heteroatoms. The van der Waals surface area contributed by atoms with Crippen molar-refractivity contribution < 1.29 is 23.1 Å². The maximum Gasteiger partial charge on any atom is 0.325 e. The number of carboxylic acids is 1. The summed E-state index contributed by atoms with van der Waals surface area (Å²) in [6, 6.07) is -0.478. The first kappa shape index (κ1) is 15.3. The van der Waals surface area contributed by atoms with Crippen LogP contribution in [0.4, 0.5) is 10.5 Å². The minimum atomic E-state index is -2.95. The van der Waals surface area contributed by atoms with Crippen molar-refractivity contribution in [2.24, 2.45) is 5.92 Å². The van der Waals surface area contributed by atoms with Gasteiger partial charge in [0.05, 0.1) is 23.4 Å². The van der Waals surface area contributed by atoms with Crippen LogP contribution in [-0.2, 0) is 21.2 Å². The van der Waals surface area contributed by atoms with Crippen LogP contribution in [-0.4, -0.2) is 53.4 Å². The number of carboxylic acid groups (broad SMARTS) is 1. The van der Waals surface area contributed by atoms with Crippen LogP contribution in [0.15, 0.2) is 12.4 Å². The van der Waals surface area contributed by atoms with Crippen molar-refractivity contribution in [3.8, 4) is 0 Å². The number of carbonyl (C=O) groups excluding carboxylic acids is 1. The van der Waals surface area contributed by atoms with Crippen LogP contribution in [0, 0.1) is 5.92 Å². The van der Waals surface area contributed by atoms with Crippen molar-refractivity contribution in [1.82, 2.24) is 15.1 Å². The Balaban J connectivity index is 1.77. The molecule has 1 atom stereocenters. The molecule has 1 saturated heterocycles. The molecule has 0 saturated carbocycles. The third kappa shape index (κ3) is 4.74. The number of aromatic nitrogens is 2. The van der Waals surface area contributed by atoms with Crippen molar-refractivity contribution >= 4 is 27.5 Å². The number of nitrogens with zero attached hydrogens (tertiary/aromatic N) is 2. The summed E-state index contributed by atoms with van der Waals surface area (Å²) >= 11 is 0. The van der Waals surface area contributed by atoms with Crippen LogP contribution >= 0.6 is 0 Å². The Labute approximate surface area is 121 Å². The molecular formula is C11H16N4O5S. The second-order valence-corrected chi connectivity index (χ2v) is 7.15. The molecule has 1 unspecified atom stereocenters. The molecule has 1 aliphatic heterocycles. The lowest BCUT2D eigenvalue weighted by atomic mass is 10.1. The van der Waals surface area contributed by atoms with Crippen molar-refractivity contribution in [1.29, 1.82) is 0 Å². The third-order valence-electron chi connectivity index (χ3n) is 3.07. The fourth-order valence-corrected chi connectivity index (χ4v) is 3.96. The van der Waals surface area contributed by atoms with Crippen LogP contribution in [0.5, 0.6) is 0 Å². The van der Waals surface area contributed by atoms with Crippen molar-refractivity contribution in [2.45, 2.75) is 13.0 Å². The Bertz CT molecular complexity index is 639. The maximum absolute atomic E-state index is 11.6. The van der Waals surface area contributed by atoms with Gasteiger partial charge in [-0.15, -0.1) is 0 Å². The second kappa shape index (κ2) is 6.12. The summed E-state index contributed by atoms with van der Waals surface area (Å²) in [4.78, 5) is 22.1. The number of carbonyl (C=O) groups is 2. The predicted molar refractivity (Wildman–Crippen MR) is 73.6 cm³/mol. The average Bonchev–Trinajstić information content (AvgIpc) is 2.93. The van der Waals surface area contributed by atoms with Gasteiger partial charge in [0.15, 0.2) is 9.84 Å². The summed E-state index contributed by atoms with van der Waals surface area (Å²) < 4.78 is 23.7. The van der Waals surface area contributed by atoms with E-state index in [2.05, 4.69) is 15.7 Å². The molecule has 116 valence electrons. The lowest BCUT2D eigenvalue weighted by Gasteiger charge is -2.09. The highest BCUT2D eigenvalue weighted by molar-refractivity contribution is 7.91. The summed E-state index contributed by atoms with van der Waals surface area (Å²) in [5, 5.41) is 17.5. The zero-order chi connectivity index (χ0) is 15.5. The summed E-state index contributed by atoms with van der Waals surface area (Å²) in [7, 11) is -2.95. The number of sulfone groups is 1. The van der Waals surface area contributed by atoms with E-state index in [1.807, 2.05) is 0 Å².